The lowest BCUT2D eigenvalue weighted by Gasteiger charge is -2.15. The van der Waals surface area contributed by atoms with Crippen LogP contribution in [0.3, 0.4) is 0 Å². The molecule has 1 amide bonds. The minimum Gasteiger partial charge on any atom is -0.385 e. The van der Waals surface area contributed by atoms with Gasteiger partial charge in [0.1, 0.15) is 5.69 Å². The van der Waals surface area contributed by atoms with Crippen molar-refractivity contribution in [2.24, 2.45) is 0 Å². The summed E-state index contributed by atoms with van der Waals surface area (Å²) in [5.74, 6) is -0.104. The number of pyridine rings is 1. The Morgan fingerprint density at radius 2 is 2.32 bits per heavy atom. The highest BCUT2D eigenvalue weighted by Crippen LogP contribution is 2.11. The van der Waals surface area contributed by atoms with Gasteiger partial charge < -0.3 is 10.2 Å². The maximum Gasteiger partial charge on any atom is 0.272 e. The van der Waals surface area contributed by atoms with Crippen LogP contribution in [-0.2, 0) is 6.54 Å². The minimum atomic E-state index is -0.104. The van der Waals surface area contributed by atoms with E-state index >= 15 is 0 Å². The molecule has 5 nitrogen and oxygen atoms in total. The zero-order valence-electron chi connectivity index (χ0n) is 11.0. The number of thiazole rings is 1. The molecule has 0 radical (unpaired) electrons. The van der Waals surface area contributed by atoms with Crippen LogP contribution in [0.4, 0.5) is 5.69 Å². The van der Waals surface area contributed by atoms with Crippen LogP contribution >= 0.6 is 11.3 Å². The van der Waals surface area contributed by atoms with E-state index in [2.05, 4.69) is 15.3 Å². The summed E-state index contributed by atoms with van der Waals surface area (Å²) in [6, 6.07) is 3.62. The third kappa shape index (κ3) is 3.51. The average Bonchev–Trinajstić information content (AvgIpc) is 2.91. The van der Waals surface area contributed by atoms with Gasteiger partial charge in [0.25, 0.3) is 5.91 Å². The molecule has 0 aromatic carbocycles. The molecule has 0 saturated heterocycles. The summed E-state index contributed by atoms with van der Waals surface area (Å²) in [6.07, 6.45) is 1.64. The number of carbonyl (C=O) groups is 1. The lowest BCUT2D eigenvalue weighted by molar-refractivity contribution is 0.0778. The second kappa shape index (κ2) is 6.29. The maximum atomic E-state index is 12.2. The number of hydrogen-bond donors (Lipinski definition) is 1. The molecule has 2 rings (SSSR count). The van der Waals surface area contributed by atoms with E-state index in [4.69, 9.17) is 0 Å². The van der Waals surface area contributed by atoms with Gasteiger partial charge in [-0.3, -0.25) is 9.78 Å². The first-order valence-corrected chi connectivity index (χ1v) is 6.97. The Bertz CT molecular complexity index is 541. The summed E-state index contributed by atoms with van der Waals surface area (Å²) in [5, 5.41) is 5.10. The second-order valence-corrected chi connectivity index (χ2v) is 4.82. The van der Waals surface area contributed by atoms with Gasteiger partial charge in [-0.25, -0.2) is 4.98 Å². The molecule has 2 aromatic heterocycles. The van der Waals surface area contributed by atoms with E-state index < -0.39 is 0 Å². The standard InChI is InChI=1S/C13H16N4OS/c1-3-14-10-4-5-15-12(6-10)13(18)17(2)7-11-8-19-9-16-11/h4-6,8-9H,3,7H2,1-2H3,(H,14,15). The number of aromatic nitrogens is 2. The average molecular weight is 276 g/mol. The monoisotopic (exact) mass is 276 g/mol. The highest BCUT2D eigenvalue weighted by atomic mass is 32.1. The van der Waals surface area contributed by atoms with Crippen molar-refractivity contribution in [1.82, 2.24) is 14.9 Å². The molecular formula is C13H16N4OS. The highest BCUT2D eigenvalue weighted by Gasteiger charge is 2.14. The van der Waals surface area contributed by atoms with Crippen LogP contribution in [0.1, 0.15) is 23.1 Å². The molecule has 6 heteroatoms. The van der Waals surface area contributed by atoms with Gasteiger partial charge in [0.15, 0.2) is 0 Å². The van der Waals surface area contributed by atoms with Crippen molar-refractivity contribution in [3.8, 4) is 0 Å². The molecule has 0 saturated carbocycles. The molecule has 0 aliphatic rings. The fourth-order valence-corrected chi connectivity index (χ4v) is 2.24. The molecule has 0 aliphatic carbocycles. The summed E-state index contributed by atoms with van der Waals surface area (Å²) >= 11 is 1.52. The van der Waals surface area contributed by atoms with Crippen LogP contribution < -0.4 is 5.32 Å². The van der Waals surface area contributed by atoms with Crippen LogP contribution in [0, 0.1) is 0 Å². The van der Waals surface area contributed by atoms with E-state index in [1.807, 2.05) is 18.4 Å². The van der Waals surface area contributed by atoms with E-state index in [1.165, 1.54) is 11.3 Å². The fourth-order valence-electron chi connectivity index (χ4n) is 1.69. The first kappa shape index (κ1) is 13.5. The van der Waals surface area contributed by atoms with Crippen molar-refractivity contribution in [3.05, 3.63) is 40.6 Å². The van der Waals surface area contributed by atoms with Gasteiger partial charge >= 0.3 is 0 Å². The zero-order chi connectivity index (χ0) is 13.7. The molecule has 19 heavy (non-hydrogen) atoms. The third-order valence-corrected chi connectivity index (χ3v) is 3.22. The predicted octanol–water partition coefficient (Wildman–Crippen LogP) is 2.24. The van der Waals surface area contributed by atoms with Gasteiger partial charge in [0.2, 0.25) is 0 Å². The van der Waals surface area contributed by atoms with Gasteiger partial charge in [-0.1, -0.05) is 0 Å². The van der Waals surface area contributed by atoms with Gasteiger partial charge in [-0.05, 0) is 19.1 Å². The molecule has 0 atom stereocenters. The summed E-state index contributed by atoms with van der Waals surface area (Å²) in [5.41, 5.74) is 4.00. The molecule has 0 unspecified atom stereocenters. The quantitative estimate of drug-likeness (QED) is 0.910. The molecule has 1 N–H and O–H groups in total. The van der Waals surface area contributed by atoms with Crippen molar-refractivity contribution in [2.45, 2.75) is 13.5 Å². The lowest BCUT2D eigenvalue weighted by atomic mass is 10.3. The van der Waals surface area contributed by atoms with E-state index in [-0.39, 0.29) is 5.91 Å². The van der Waals surface area contributed by atoms with Gasteiger partial charge in [-0.2, -0.15) is 0 Å². The van der Waals surface area contributed by atoms with E-state index in [9.17, 15) is 4.79 Å². The van der Waals surface area contributed by atoms with Crippen molar-refractivity contribution >= 4 is 22.9 Å². The third-order valence-electron chi connectivity index (χ3n) is 2.59. The number of hydrogen-bond acceptors (Lipinski definition) is 5. The smallest absolute Gasteiger partial charge is 0.272 e. The van der Waals surface area contributed by atoms with E-state index in [0.717, 1.165) is 17.9 Å². The van der Waals surface area contributed by atoms with Gasteiger partial charge in [-0.15, -0.1) is 11.3 Å². The topological polar surface area (TPSA) is 58.1 Å². The first-order valence-electron chi connectivity index (χ1n) is 6.03. The largest absolute Gasteiger partial charge is 0.385 e. The molecule has 0 spiro atoms. The van der Waals surface area contributed by atoms with Gasteiger partial charge in [0, 0.05) is 30.9 Å². The number of rotatable bonds is 5. The normalized spacial score (nSPS) is 10.2. The number of anilines is 1. The minimum absolute atomic E-state index is 0.104. The van der Waals surface area contributed by atoms with Crippen molar-refractivity contribution in [3.63, 3.8) is 0 Å². The summed E-state index contributed by atoms with van der Waals surface area (Å²) in [7, 11) is 1.75. The fraction of sp³-hybridized carbons (Fsp3) is 0.308. The molecule has 0 aliphatic heterocycles. The molecule has 0 bridgehead atoms. The Labute approximate surface area is 116 Å². The number of amides is 1. The van der Waals surface area contributed by atoms with Crippen molar-refractivity contribution in [1.29, 1.82) is 0 Å². The Kier molecular flexibility index (Phi) is 4.46. The first-order chi connectivity index (χ1) is 9.20. The maximum absolute atomic E-state index is 12.2. The Hall–Kier alpha value is -1.95. The van der Waals surface area contributed by atoms with Crippen LogP contribution in [0.15, 0.2) is 29.2 Å². The van der Waals surface area contributed by atoms with Gasteiger partial charge in [0.05, 0.1) is 17.7 Å². The molecule has 2 aromatic rings. The molecule has 100 valence electrons. The highest BCUT2D eigenvalue weighted by molar-refractivity contribution is 7.07. The predicted molar refractivity (Wildman–Crippen MR) is 76.3 cm³/mol. The molecular weight excluding hydrogens is 260 g/mol. The van der Waals surface area contributed by atoms with Crippen molar-refractivity contribution in [2.75, 3.05) is 18.9 Å². The van der Waals surface area contributed by atoms with Crippen LogP contribution in [0.25, 0.3) is 0 Å². The number of carbonyl (C=O) groups excluding carboxylic acids is 1. The number of nitrogens with one attached hydrogen (secondary N) is 1. The lowest BCUT2D eigenvalue weighted by Crippen LogP contribution is -2.27. The van der Waals surface area contributed by atoms with Crippen LogP contribution in [0.2, 0.25) is 0 Å². The summed E-state index contributed by atoms with van der Waals surface area (Å²) in [4.78, 5) is 22.2. The molecule has 2 heterocycles. The Balaban J connectivity index is 2.08. The molecule has 0 fully saturated rings. The number of nitrogens with zero attached hydrogens (tertiary/aromatic N) is 3. The Morgan fingerprint density at radius 1 is 1.47 bits per heavy atom. The second-order valence-electron chi connectivity index (χ2n) is 4.10. The van der Waals surface area contributed by atoms with E-state index in [1.54, 1.807) is 29.7 Å². The van der Waals surface area contributed by atoms with Crippen LogP contribution in [0.5, 0.6) is 0 Å². The summed E-state index contributed by atoms with van der Waals surface area (Å²) in [6.45, 7) is 3.32. The van der Waals surface area contributed by atoms with Crippen LogP contribution in [-0.4, -0.2) is 34.4 Å². The Morgan fingerprint density at radius 3 is 3.00 bits per heavy atom. The summed E-state index contributed by atoms with van der Waals surface area (Å²) < 4.78 is 0. The van der Waals surface area contributed by atoms with E-state index in [0.29, 0.717) is 12.2 Å². The van der Waals surface area contributed by atoms with Crippen molar-refractivity contribution < 1.29 is 4.79 Å². The SMILES string of the molecule is CCNc1ccnc(C(=O)N(C)Cc2cscn2)c1. The zero-order valence-corrected chi connectivity index (χ0v) is 11.8.